The van der Waals surface area contributed by atoms with E-state index >= 15 is 0 Å². The van der Waals surface area contributed by atoms with Gasteiger partial charge in [-0.3, -0.25) is 9.59 Å². The number of nitrogens with one attached hydrogen (secondary N) is 1. The Morgan fingerprint density at radius 3 is 2.79 bits per heavy atom. The molecule has 0 radical (unpaired) electrons. The summed E-state index contributed by atoms with van der Waals surface area (Å²) in [7, 11) is 0. The maximum Gasteiger partial charge on any atom is 0.306 e. The predicted octanol–water partition coefficient (Wildman–Crippen LogP) is 3.50. The van der Waals surface area contributed by atoms with Crippen molar-refractivity contribution in [3.05, 3.63) is 30.1 Å². The highest BCUT2D eigenvalue weighted by Gasteiger charge is 2.31. The first-order chi connectivity index (χ1) is 13.6. The van der Waals surface area contributed by atoms with Gasteiger partial charge in [-0.05, 0) is 44.2 Å². The van der Waals surface area contributed by atoms with Crippen molar-refractivity contribution in [2.24, 2.45) is 11.8 Å². The molecule has 2 N–H and O–H groups in total. The van der Waals surface area contributed by atoms with E-state index in [-0.39, 0.29) is 11.8 Å². The molecular formula is C21H26N4O3. The van der Waals surface area contributed by atoms with Gasteiger partial charge < -0.3 is 15.0 Å². The number of amides is 1. The standard InChI is InChI=1S/C21H26N4O3/c26-20(15-7-4-8-16(12-15)21(27)28)22-17-9-5-6-14(13-17)19-24-23-18-10-2-1-3-11-25(18)19/h5-6,9,13,15-16H,1-4,7-8,10-12H2,(H,22,26)(H,27,28). The van der Waals surface area contributed by atoms with Crippen LogP contribution in [0.5, 0.6) is 0 Å². The van der Waals surface area contributed by atoms with E-state index < -0.39 is 11.9 Å². The topological polar surface area (TPSA) is 97.1 Å². The zero-order valence-corrected chi connectivity index (χ0v) is 15.9. The Kier molecular flexibility index (Phi) is 5.41. The number of anilines is 1. The fourth-order valence-electron chi connectivity index (χ4n) is 4.33. The summed E-state index contributed by atoms with van der Waals surface area (Å²) in [4.78, 5) is 23.9. The van der Waals surface area contributed by atoms with Gasteiger partial charge in [-0.1, -0.05) is 25.0 Å². The van der Waals surface area contributed by atoms with Gasteiger partial charge in [0, 0.05) is 30.1 Å². The molecule has 1 aliphatic carbocycles. The smallest absolute Gasteiger partial charge is 0.306 e. The quantitative estimate of drug-likeness (QED) is 0.843. The van der Waals surface area contributed by atoms with E-state index in [0.29, 0.717) is 18.5 Å². The Morgan fingerprint density at radius 2 is 1.93 bits per heavy atom. The van der Waals surface area contributed by atoms with E-state index in [9.17, 15) is 14.7 Å². The van der Waals surface area contributed by atoms with E-state index in [0.717, 1.165) is 55.9 Å². The summed E-state index contributed by atoms with van der Waals surface area (Å²) in [5.41, 5.74) is 1.65. The number of rotatable bonds is 4. The number of aryl methyl sites for hydroxylation is 1. The lowest BCUT2D eigenvalue weighted by Crippen LogP contribution is -2.30. The number of carbonyl (C=O) groups excluding carboxylic acids is 1. The molecule has 1 amide bonds. The van der Waals surface area contributed by atoms with E-state index in [4.69, 9.17) is 0 Å². The van der Waals surface area contributed by atoms with Crippen LogP contribution >= 0.6 is 0 Å². The molecule has 1 aromatic heterocycles. The average Bonchev–Trinajstić information content (AvgIpc) is 2.96. The third-order valence-electron chi connectivity index (χ3n) is 5.89. The molecular weight excluding hydrogens is 356 g/mol. The summed E-state index contributed by atoms with van der Waals surface area (Å²) in [5, 5.41) is 21.0. The van der Waals surface area contributed by atoms with Crippen molar-refractivity contribution in [1.82, 2.24) is 14.8 Å². The number of hydrogen-bond donors (Lipinski definition) is 2. The van der Waals surface area contributed by atoms with Gasteiger partial charge in [0.15, 0.2) is 5.82 Å². The molecule has 1 aromatic carbocycles. The second-order valence-corrected chi connectivity index (χ2v) is 7.87. The average molecular weight is 382 g/mol. The number of carboxylic acid groups (broad SMARTS) is 1. The lowest BCUT2D eigenvalue weighted by atomic mass is 9.81. The van der Waals surface area contributed by atoms with Crippen LogP contribution in [-0.2, 0) is 22.6 Å². The molecule has 1 saturated carbocycles. The number of carbonyl (C=O) groups is 2. The minimum atomic E-state index is -0.799. The Labute approximate surface area is 164 Å². The highest BCUT2D eigenvalue weighted by Crippen LogP contribution is 2.31. The summed E-state index contributed by atoms with van der Waals surface area (Å²) in [6, 6.07) is 7.68. The van der Waals surface area contributed by atoms with Gasteiger partial charge in [-0.2, -0.15) is 0 Å². The largest absolute Gasteiger partial charge is 0.481 e. The van der Waals surface area contributed by atoms with Gasteiger partial charge in [0.2, 0.25) is 5.91 Å². The van der Waals surface area contributed by atoms with Crippen molar-refractivity contribution in [3.8, 4) is 11.4 Å². The molecule has 148 valence electrons. The van der Waals surface area contributed by atoms with Crippen LogP contribution in [0.3, 0.4) is 0 Å². The molecule has 2 aromatic rings. The fourth-order valence-corrected chi connectivity index (χ4v) is 4.33. The molecule has 0 saturated heterocycles. The molecule has 1 fully saturated rings. The van der Waals surface area contributed by atoms with E-state index in [1.54, 1.807) is 0 Å². The number of hydrogen-bond acceptors (Lipinski definition) is 4. The fraction of sp³-hybridized carbons (Fsp3) is 0.524. The molecule has 2 heterocycles. The van der Waals surface area contributed by atoms with E-state index in [1.807, 2.05) is 24.3 Å². The summed E-state index contributed by atoms with van der Waals surface area (Å²) >= 11 is 0. The van der Waals surface area contributed by atoms with Crippen LogP contribution in [0.1, 0.15) is 50.8 Å². The minimum absolute atomic E-state index is 0.0943. The number of nitrogens with zero attached hydrogens (tertiary/aromatic N) is 3. The third kappa shape index (κ3) is 3.93. The predicted molar refractivity (Wildman–Crippen MR) is 105 cm³/mol. The number of benzene rings is 1. The van der Waals surface area contributed by atoms with Crippen LogP contribution in [0.25, 0.3) is 11.4 Å². The van der Waals surface area contributed by atoms with E-state index in [1.165, 1.54) is 6.42 Å². The molecule has 7 nitrogen and oxygen atoms in total. The van der Waals surface area contributed by atoms with Crippen LogP contribution in [0.15, 0.2) is 24.3 Å². The zero-order valence-electron chi connectivity index (χ0n) is 15.9. The normalized spacial score (nSPS) is 22.1. The summed E-state index contributed by atoms with van der Waals surface area (Å²) in [5.74, 6) is 0.320. The number of aliphatic carboxylic acids is 1. The Bertz CT molecular complexity index is 876. The molecule has 2 atom stereocenters. The van der Waals surface area contributed by atoms with Gasteiger partial charge >= 0.3 is 5.97 Å². The monoisotopic (exact) mass is 382 g/mol. The van der Waals surface area contributed by atoms with Crippen LogP contribution in [0.4, 0.5) is 5.69 Å². The molecule has 0 spiro atoms. The highest BCUT2D eigenvalue weighted by molar-refractivity contribution is 5.93. The molecule has 4 rings (SSSR count). The van der Waals surface area contributed by atoms with Crippen molar-refractivity contribution < 1.29 is 14.7 Å². The molecule has 0 bridgehead atoms. The van der Waals surface area contributed by atoms with Crippen LogP contribution in [0, 0.1) is 11.8 Å². The van der Waals surface area contributed by atoms with Gasteiger partial charge in [0.1, 0.15) is 5.82 Å². The van der Waals surface area contributed by atoms with Crippen molar-refractivity contribution in [3.63, 3.8) is 0 Å². The first kappa shape index (κ1) is 18.7. The van der Waals surface area contributed by atoms with Crippen molar-refractivity contribution in [2.75, 3.05) is 5.32 Å². The van der Waals surface area contributed by atoms with Crippen molar-refractivity contribution in [2.45, 2.75) is 57.9 Å². The van der Waals surface area contributed by atoms with Crippen LogP contribution in [0.2, 0.25) is 0 Å². The summed E-state index contributed by atoms with van der Waals surface area (Å²) in [6.45, 7) is 0.924. The van der Waals surface area contributed by atoms with Gasteiger partial charge in [-0.25, -0.2) is 0 Å². The number of fused-ring (bicyclic) bond motifs is 1. The second kappa shape index (κ2) is 8.12. The maximum atomic E-state index is 12.7. The summed E-state index contributed by atoms with van der Waals surface area (Å²) < 4.78 is 2.19. The van der Waals surface area contributed by atoms with Crippen molar-refractivity contribution >= 4 is 17.6 Å². The number of carboxylic acids is 1. The van der Waals surface area contributed by atoms with Gasteiger partial charge in [0.05, 0.1) is 5.92 Å². The second-order valence-electron chi connectivity index (χ2n) is 7.87. The van der Waals surface area contributed by atoms with Crippen LogP contribution < -0.4 is 5.32 Å². The SMILES string of the molecule is O=C(O)C1CCCC(C(=O)Nc2cccc(-c3nnc4n3CCCCC4)c2)C1. The highest BCUT2D eigenvalue weighted by atomic mass is 16.4. The molecule has 2 unspecified atom stereocenters. The van der Waals surface area contributed by atoms with Gasteiger partial charge in [0.25, 0.3) is 0 Å². The van der Waals surface area contributed by atoms with Crippen LogP contribution in [-0.4, -0.2) is 31.7 Å². The lowest BCUT2D eigenvalue weighted by Gasteiger charge is -2.25. The molecule has 2 aliphatic rings. The van der Waals surface area contributed by atoms with Crippen molar-refractivity contribution in [1.29, 1.82) is 0 Å². The lowest BCUT2D eigenvalue weighted by molar-refractivity contribution is -0.143. The van der Waals surface area contributed by atoms with E-state index in [2.05, 4.69) is 20.1 Å². The first-order valence-corrected chi connectivity index (χ1v) is 10.2. The minimum Gasteiger partial charge on any atom is -0.481 e. The molecule has 7 heteroatoms. The number of aromatic nitrogens is 3. The Hall–Kier alpha value is -2.70. The zero-order chi connectivity index (χ0) is 19.5. The molecule has 1 aliphatic heterocycles. The third-order valence-corrected chi connectivity index (χ3v) is 5.89. The maximum absolute atomic E-state index is 12.7. The summed E-state index contributed by atoms with van der Waals surface area (Å²) in [6.07, 6.45) is 7.03. The Morgan fingerprint density at radius 1 is 1.07 bits per heavy atom. The molecule has 28 heavy (non-hydrogen) atoms. The van der Waals surface area contributed by atoms with Gasteiger partial charge in [-0.15, -0.1) is 10.2 Å². The Balaban J connectivity index is 1.49. The first-order valence-electron chi connectivity index (χ1n) is 10.2.